The Bertz CT molecular complexity index is 458. The largest absolute Gasteiger partial charge is 0.365 e. The maximum Gasteiger partial charge on any atom is 0.293 e. The third-order valence-electron chi connectivity index (χ3n) is 4.09. The highest BCUT2D eigenvalue weighted by Gasteiger charge is 2.25. The van der Waals surface area contributed by atoms with Gasteiger partial charge in [-0.3, -0.25) is 4.79 Å². The van der Waals surface area contributed by atoms with Crippen LogP contribution in [0.15, 0.2) is 17.2 Å². The summed E-state index contributed by atoms with van der Waals surface area (Å²) in [6.07, 6.45) is 12.4. The molecule has 0 radical (unpaired) electrons. The minimum Gasteiger partial charge on any atom is -0.365 e. The van der Waals surface area contributed by atoms with Gasteiger partial charge in [0.2, 0.25) is 0 Å². The summed E-state index contributed by atoms with van der Waals surface area (Å²) in [4.78, 5) is 16.4. The molecule has 1 aromatic heterocycles. The Morgan fingerprint density at radius 3 is 2.72 bits per heavy atom. The van der Waals surface area contributed by atoms with Crippen molar-refractivity contribution in [2.45, 2.75) is 51.0 Å². The highest BCUT2D eigenvalue weighted by molar-refractivity contribution is 5.31. The maximum absolute atomic E-state index is 12.2. The lowest BCUT2D eigenvalue weighted by molar-refractivity contribution is 0.373. The third-order valence-corrected chi connectivity index (χ3v) is 4.09. The highest BCUT2D eigenvalue weighted by Crippen LogP contribution is 2.33. The molecule has 2 saturated carbocycles. The fourth-order valence-corrected chi connectivity index (χ4v) is 2.82. The Kier molecular flexibility index (Phi) is 3.35. The van der Waals surface area contributed by atoms with Gasteiger partial charge in [0.1, 0.15) is 0 Å². The van der Waals surface area contributed by atoms with Crippen LogP contribution in [-0.4, -0.2) is 16.1 Å². The molecule has 0 atom stereocenters. The van der Waals surface area contributed by atoms with E-state index in [0.717, 1.165) is 25.3 Å². The van der Waals surface area contributed by atoms with Crippen molar-refractivity contribution in [3.05, 3.63) is 22.7 Å². The smallest absolute Gasteiger partial charge is 0.293 e. The van der Waals surface area contributed by atoms with Crippen molar-refractivity contribution >= 4 is 5.82 Å². The first-order valence-corrected chi connectivity index (χ1v) is 7.15. The molecule has 0 bridgehead atoms. The number of hydrogen-bond acceptors (Lipinski definition) is 3. The monoisotopic (exact) mass is 247 g/mol. The van der Waals surface area contributed by atoms with Crippen LogP contribution in [0.1, 0.15) is 51.0 Å². The standard InChI is InChI=1S/C14H21N3O/c18-14-13(15-8-9-17(14)12-6-7-12)16-10-11-4-2-1-3-5-11/h8-9,11-12H,1-7,10H2,(H,15,16). The van der Waals surface area contributed by atoms with Crippen LogP contribution in [0.5, 0.6) is 0 Å². The Balaban J connectivity index is 1.65. The molecule has 4 nitrogen and oxygen atoms in total. The summed E-state index contributed by atoms with van der Waals surface area (Å²) in [5.74, 6) is 1.25. The van der Waals surface area contributed by atoms with Crippen molar-refractivity contribution < 1.29 is 0 Å². The van der Waals surface area contributed by atoms with E-state index in [4.69, 9.17) is 0 Å². The quantitative estimate of drug-likeness (QED) is 0.889. The topological polar surface area (TPSA) is 46.9 Å². The molecular weight excluding hydrogens is 226 g/mol. The highest BCUT2D eigenvalue weighted by atomic mass is 16.1. The second kappa shape index (κ2) is 5.12. The average Bonchev–Trinajstić information content (AvgIpc) is 3.23. The first kappa shape index (κ1) is 11.8. The zero-order valence-corrected chi connectivity index (χ0v) is 10.8. The Morgan fingerprint density at radius 1 is 1.22 bits per heavy atom. The van der Waals surface area contributed by atoms with Crippen LogP contribution in [0.2, 0.25) is 0 Å². The van der Waals surface area contributed by atoms with E-state index in [-0.39, 0.29) is 5.56 Å². The summed E-state index contributed by atoms with van der Waals surface area (Å²) in [5, 5.41) is 3.26. The van der Waals surface area contributed by atoms with Gasteiger partial charge in [-0.25, -0.2) is 4.98 Å². The summed E-state index contributed by atoms with van der Waals surface area (Å²) in [6.45, 7) is 0.900. The van der Waals surface area contributed by atoms with Gasteiger partial charge in [-0.15, -0.1) is 0 Å². The molecule has 98 valence electrons. The SMILES string of the molecule is O=c1c(NCC2CCCCC2)nccn1C1CC1. The summed E-state index contributed by atoms with van der Waals surface area (Å²) < 4.78 is 1.83. The molecule has 18 heavy (non-hydrogen) atoms. The molecule has 1 aromatic rings. The molecule has 3 rings (SSSR count). The molecule has 0 amide bonds. The number of anilines is 1. The van der Waals surface area contributed by atoms with E-state index >= 15 is 0 Å². The van der Waals surface area contributed by atoms with Gasteiger partial charge >= 0.3 is 0 Å². The van der Waals surface area contributed by atoms with E-state index < -0.39 is 0 Å². The Morgan fingerprint density at radius 2 is 2.00 bits per heavy atom. The predicted molar refractivity (Wildman–Crippen MR) is 71.8 cm³/mol. The first-order chi connectivity index (χ1) is 8.84. The van der Waals surface area contributed by atoms with Crippen molar-refractivity contribution in [1.29, 1.82) is 0 Å². The second-order valence-corrected chi connectivity index (χ2v) is 5.60. The minimum absolute atomic E-state index is 0.0517. The van der Waals surface area contributed by atoms with Gasteiger partial charge in [0.25, 0.3) is 5.56 Å². The van der Waals surface area contributed by atoms with E-state index in [0.29, 0.717) is 11.9 Å². The number of hydrogen-bond donors (Lipinski definition) is 1. The molecule has 4 heteroatoms. The summed E-state index contributed by atoms with van der Waals surface area (Å²) >= 11 is 0. The molecule has 0 aromatic carbocycles. The Hall–Kier alpha value is -1.32. The third kappa shape index (κ3) is 2.57. The van der Waals surface area contributed by atoms with Crippen LogP contribution in [0.4, 0.5) is 5.82 Å². The summed E-state index contributed by atoms with van der Waals surface area (Å²) in [5.41, 5.74) is 0.0517. The summed E-state index contributed by atoms with van der Waals surface area (Å²) in [7, 11) is 0. The minimum atomic E-state index is 0.0517. The van der Waals surface area contributed by atoms with Crippen LogP contribution in [0.25, 0.3) is 0 Å². The summed E-state index contributed by atoms with van der Waals surface area (Å²) in [6, 6.07) is 0.427. The molecule has 0 saturated heterocycles. The van der Waals surface area contributed by atoms with Gasteiger partial charge in [0.05, 0.1) is 0 Å². The molecular formula is C14H21N3O. The molecule has 2 aliphatic rings. The van der Waals surface area contributed by atoms with Crippen molar-refractivity contribution in [1.82, 2.24) is 9.55 Å². The van der Waals surface area contributed by atoms with E-state index in [1.807, 2.05) is 10.8 Å². The predicted octanol–water partition coefficient (Wildman–Crippen LogP) is 2.57. The van der Waals surface area contributed by atoms with E-state index in [9.17, 15) is 4.79 Å². The van der Waals surface area contributed by atoms with Gasteiger partial charge in [0, 0.05) is 25.0 Å². The fraction of sp³-hybridized carbons (Fsp3) is 0.714. The Labute approximate surface area is 107 Å². The molecule has 2 aliphatic carbocycles. The normalized spacial score (nSPS) is 20.9. The van der Waals surface area contributed by atoms with Crippen LogP contribution < -0.4 is 10.9 Å². The lowest BCUT2D eigenvalue weighted by Crippen LogP contribution is -2.26. The van der Waals surface area contributed by atoms with Crippen LogP contribution in [0, 0.1) is 5.92 Å². The van der Waals surface area contributed by atoms with E-state index in [1.54, 1.807) is 6.20 Å². The van der Waals surface area contributed by atoms with Crippen molar-refractivity contribution in [3.63, 3.8) is 0 Å². The van der Waals surface area contributed by atoms with Crippen molar-refractivity contribution in [2.75, 3.05) is 11.9 Å². The van der Waals surface area contributed by atoms with Gasteiger partial charge in [-0.1, -0.05) is 19.3 Å². The second-order valence-electron chi connectivity index (χ2n) is 5.60. The van der Waals surface area contributed by atoms with Crippen LogP contribution in [0.3, 0.4) is 0 Å². The van der Waals surface area contributed by atoms with Crippen molar-refractivity contribution in [2.24, 2.45) is 5.92 Å². The van der Waals surface area contributed by atoms with Crippen LogP contribution in [-0.2, 0) is 0 Å². The molecule has 0 unspecified atom stereocenters. The molecule has 1 N–H and O–H groups in total. The van der Waals surface area contributed by atoms with Crippen LogP contribution >= 0.6 is 0 Å². The zero-order valence-electron chi connectivity index (χ0n) is 10.8. The molecule has 2 fully saturated rings. The van der Waals surface area contributed by atoms with Gasteiger partial charge in [-0.05, 0) is 31.6 Å². The lowest BCUT2D eigenvalue weighted by atomic mass is 9.89. The fourth-order valence-electron chi connectivity index (χ4n) is 2.82. The van der Waals surface area contributed by atoms with Crippen molar-refractivity contribution in [3.8, 4) is 0 Å². The zero-order chi connectivity index (χ0) is 12.4. The van der Waals surface area contributed by atoms with E-state index in [2.05, 4.69) is 10.3 Å². The van der Waals surface area contributed by atoms with E-state index in [1.165, 1.54) is 32.1 Å². The van der Waals surface area contributed by atoms with Gasteiger partial charge < -0.3 is 9.88 Å². The lowest BCUT2D eigenvalue weighted by Gasteiger charge is -2.21. The number of nitrogens with one attached hydrogen (secondary N) is 1. The maximum atomic E-state index is 12.2. The first-order valence-electron chi connectivity index (χ1n) is 7.15. The molecule has 1 heterocycles. The number of rotatable bonds is 4. The number of nitrogens with zero attached hydrogens (tertiary/aromatic N) is 2. The molecule has 0 spiro atoms. The van der Waals surface area contributed by atoms with Gasteiger partial charge in [0.15, 0.2) is 5.82 Å². The number of aromatic nitrogens is 2. The van der Waals surface area contributed by atoms with Gasteiger partial charge in [-0.2, -0.15) is 0 Å². The average molecular weight is 247 g/mol. The molecule has 0 aliphatic heterocycles.